The second-order valence-corrected chi connectivity index (χ2v) is 7.42. The normalized spacial score (nSPS) is 10.7. The first-order valence-electron chi connectivity index (χ1n) is 7.37. The van der Waals surface area contributed by atoms with Crippen LogP contribution >= 0.6 is 34.9 Å². The third kappa shape index (κ3) is 3.69. The Morgan fingerprint density at radius 2 is 1.96 bits per heavy atom. The molecule has 24 heavy (non-hydrogen) atoms. The molecule has 6 heteroatoms. The van der Waals surface area contributed by atoms with E-state index in [1.165, 1.54) is 0 Å². The summed E-state index contributed by atoms with van der Waals surface area (Å²) in [6.45, 7) is 4.06. The highest BCUT2D eigenvalue weighted by Crippen LogP contribution is 2.35. The minimum Gasteiger partial charge on any atom is -0.496 e. The van der Waals surface area contributed by atoms with Crippen molar-refractivity contribution in [3.8, 4) is 16.3 Å². The van der Waals surface area contributed by atoms with Crippen LogP contribution in [0.5, 0.6) is 5.75 Å². The molecule has 1 N–H and O–H groups in total. The van der Waals surface area contributed by atoms with E-state index in [2.05, 4.69) is 22.7 Å². The average molecular weight is 377 g/mol. The Balaban J connectivity index is 1.76. The molecule has 124 valence electrons. The molecule has 0 atom stereocenters. The van der Waals surface area contributed by atoms with Crippen molar-refractivity contribution < 1.29 is 4.74 Å². The SMILES string of the molecule is COc1ccccc1-c1nc(NSc2cc(C)c(Cl)cc2C)cs1. The Labute approximate surface area is 155 Å². The molecular weight excluding hydrogens is 360 g/mol. The molecule has 3 aromatic rings. The van der Waals surface area contributed by atoms with Crippen LogP contribution in [-0.4, -0.2) is 12.1 Å². The highest BCUT2D eigenvalue weighted by Gasteiger charge is 2.10. The van der Waals surface area contributed by atoms with Gasteiger partial charge in [0, 0.05) is 15.3 Å². The molecule has 1 aromatic heterocycles. The molecule has 0 spiro atoms. The fourth-order valence-electron chi connectivity index (χ4n) is 2.24. The van der Waals surface area contributed by atoms with Crippen LogP contribution in [0.4, 0.5) is 5.82 Å². The summed E-state index contributed by atoms with van der Waals surface area (Å²) in [5, 5.41) is 3.73. The molecule has 1 heterocycles. The number of para-hydroxylation sites is 1. The first kappa shape index (κ1) is 17.1. The zero-order chi connectivity index (χ0) is 17.1. The molecule has 3 nitrogen and oxygen atoms in total. The number of methoxy groups -OCH3 is 1. The van der Waals surface area contributed by atoms with Gasteiger partial charge in [-0.05, 0) is 61.2 Å². The molecule has 0 unspecified atom stereocenters. The highest BCUT2D eigenvalue weighted by molar-refractivity contribution is 8.00. The Kier molecular flexibility index (Phi) is 5.33. The van der Waals surface area contributed by atoms with Gasteiger partial charge in [-0.1, -0.05) is 23.7 Å². The van der Waals surface area contributed by atoms with Gasteiger partial charge >= 0.3 is 0 Å². The molecule has 0 aliphatic heterocycles. The van der Waals surface area contributed by atoms with Crippen LogP contribution in [0.3, 0.4) is 0 Å². The van der Waals surface area contributed by atoms with Crippen LogP contribution in [-0.2, 0) is 0 Å². The number of nitrogens with one attached hydrogen (secondary N) is 1. The molecule has 0 bridgehead atoms. The van der Waals surface area contributed by atoms with E-state index >= 15 is 0 Å². The lowest BCUT2D eigenvalue weighted by Crippen LogP contribution is -1.91. The van der Waals surface area contributed by atoms with Crippen LogP contribution < -0.4 is 9.46 Å². The van der Waals surface area contributed by atoms with Gasteiger partial charge in [-0.3, -0.25) is 0 Å². The molecule has 0 fully saturated rings. The van der Waals surface area contributed by atoms with Gasteiger partial charge in [0.15, 0.2) is 0 Å². The number of ether oxygens (including phenoxy) is 1. The van der Waals surface area contributed by atoms with E-state index in [9.17, 15) is 0 Å². The van der Waals surface area contributed by atoms with Gasteiger partial charge < -0.3 is 9.46 Å². The van der Waals surface area contributed by atoms with Crippen LogP contribution in [0.1, 0.15) is 11.1 Å². The topological polar surface area (TPSA) is 34.1 Å². The third-order valence-corrected chi connectivity index (χ3v) is 5.82. The molecule has 3 rings (SSSR count). The first-order chi connectivity index (χ1) is 11.6. The molecule has 0 amide bonds. The molecular formula is C18H17ClN2OS2. The zero-order valence-electron chi connectivity index (χ0n) is 13.6. The van der Waals surface area contributed by atoms with Gasteiger partial charge in [-0.2, -0.15) is 0 Å². The quantitative estimate of drug-likeness (QED) is 0.537. The van der Waals surface area contributed by atoms with Crippen molar-refractivity contribution >= 4 is 40.7 Å². The number of anilines is 1. The Bertz CT molecular complexity index is 864. The standard InChI is InChI=1S/C18H17ClN2OS2/c1-11-9-16(12(2)8-14(11)19)24-21-17-10-23-18(20-17)13-6-4-5-7-15(13)22-3/h4-10,21H,1-3H3. The minimum atomic E-state index is 0.795. The van der Waals surface area contributed by atoms with E-state index in [0.717, 1.165) is 43.2 Å². The van der Waals surface area contributed by atoms with E-state index in [1.807, 2.05) is 42.6 Å². The Morgan fingerprint density at radius 1 is 1.17 bits per heavy atom. The molecule has 0 aliphatic rings. The fraction of sp³-hybridized carbons (Fsp3) is 0.167. The molecule has 2 aromatic carbocycles. The highest BCUT2D eigenvalue weighted by atomic mass is 35.5. The number of nitrogens with zero attached hydrogens (tertiary/aromatic N) is 1. The number of hydrogen-bond acceptors (Lipinski definition) is 5. The Hall–Kier alpha value is -1.69. The minimum absolute atomic E-state index is 0.795. The maximum atomic E-state index is 6.15. The fourth-order valence-corrected chi connectivity index (χ4v) is 4.09. The largest absolute Gasteiger partial charge is 0.496 e. The van der Waals surface area contributed by atoms with Crippen molar-refractivity contribution in [2.24, 2.45) is 0 Å². The summed E-state index contributed by atoms with van der Waals surface area (Å²) in [4.78, 5) is 5.80. The average Bonchev–Trinajstić information content (AvgIpc) is 3.05. The van der Waals surface area contributed by atoms with Crippen LogP contribution in [0, 0.1) is 13.8 Å². The van der Waals surface area contributed by atoms with Gasteiger partial charge in [0.2, 0.25) is 0 Å². The van der Waals surface area contributed by atoms with Crippen molar-refractivity contribution in [1.29, 1.82) is 0 Å². The van der Waals surface area contributed by atoms with Crippen LogP contribution in [0.2, 0.25) is 5.02 Å². The second-order valence-electron chi connectivity index (χ2n) is 5.31. The van der Waals surface area contributed by atoms with Crippen LogP contribution in [0.25, 0.3) is 10.6 Å². The van der Waals surface area contributed by atoms with Gasteiger partial charge in [-0.25, -0.2) is 4.98 Å². The van der Waals surface area contributed by atoms with E-state index in [0.29, 0.717) is 0 Å². The van der Waals surface area contributed by atoms with Crippen molar-refractivity contribution in [3.63, 3.8) is 0 Å². The van der Waals surface area contributed by atoms with E-state index in [4.69, 9.17) is 16.3 Å². The summed E-state index contributed by atoms with van der Waals surface area (Å²) in [5.41, 5.74) is 3.21. The van der Waals surface area contributed by atoms with E-state index in [1.54, 1.807) is 30.4 Å². The van der Waals surface area contributed by atoms with Gasteiger partial charge in [0.25, 0.3) is 0 Å². The van der Waals surface area contributed by atoms with Crippen molar-refractivity contribution in [2.75, 3.05) is 11.8 Å². The number of rotatable bonds is 5. The van der Waals surface area contributed by atoms with E-state index in [-0.39, 0.29) is 0 Å². The molecule has 0 aliphatic carbocycles. The smallest absolute Gasteiger partial charge is 0.147 e. The molecule has 0 saturated heterocycles. The lowest BCUT2D eigenvalue weighted by atomic mass is 10.2. The van der Waals surface area contributed by atoms with E-state index < -0.39 is 0 Å². The number of halogens is 1. The number of hydrogen-bond donors (Lipinski definition) is 1. The summed E-state index contributed by atoms with van der Waals surface area (Å²) in [7, 11) is 1.67. The number of aryl methyl sites for hydroxylation is 2. The maximum absolute atomic E-state index is 6.15. The van der Waals surface area contributed by atoms with Crippen molar-refractivity contribution in [2.45, 2.75) is 18.7 Å². The predicted octanol–water partition coefficient (Wildman–Crippen LogP) is 6.21. The lowest BCUT2D eigenvalue weighted by molar-refractivity contribution is 0.416. The molecule has 0 saturated carbocycles. The summed E-state index contributed by atoms with van der Waals surface area (Å²) in [5.74, 6) is 1.66. The summed E-state index contributed by atoms with van der Waals surface area (Å²) in [6.07, 6.45) is 0. The van der Waals surface area contributed by atoms with Crippen molar-refractivity contribution in [1.82, 2.24) is 4.98 Å². The summed E-state index contributed by atoms with van der Waals surface area (Å²) >= 11 is 9.29. The number of thiazole rings is 1. The zero-order valence-corrected chi connectivity index (χ0v) is 16.0. The second kappa shape index (κ2) is 7.47. The number of aromatic nitrogens is 1. The number of benzene rings is 2. The summed E-state index contributed by atoms with van der Waals surface area (Å²) < 4.78 is 8.72. The lowest BCUT2D eigenvalue weighted by Gasteiger charge is -2.08. The van der Waals surface area contributed by atoms with Gasteiger partial charge in [0.05, 0.1) is 12.7 Å². The molecule has 0 radical (unpaired) electrons. The van der Waals surface area contributed by atoms with Gasteiger partial charge in [-0.15, -0.1) is 11.3 Å². The Morgan fingerprint density at radius 3 is 2.75 bits per heavy atom. The van der Waals surface area contributed by atoms with Gasteiger partial charge in [0.1, 0.15) is 16.6 Å². The van der Waals surface area contributed by atoms with Crippen molar-refractivity contribution in [3.05, 3.63) is 57.9 Å². The first-order valence-corrected chi connectivity index (χ1v) is 9.44. The van der Waals surface area contributed by atoms with Crippen LogP contribution in [0.15, 0.2) is 46.7 Å². The third-order valence-electron chi connectivity index (χ3n) is 3.56. The predicted molar refractivity (Wildman–Crippen MR) is 105 cm³/mol. The maximum Gasteiger partial charge on any atom is 0.147 e. The summed E-state index contributed by atoms with van der Waals surface area (Å²) in [6, 6.07) is 12.0. The monoisotopic (exact) mass is 376 g/mol.